The Balaban J connectivity index is 1.81. The molecule has 1 amide bonds. The molecule has 1 aliphatic heterocycles. The van der Waals surface area contributed by atoms with Crippen molar-refractivity contribution in [1.82, 2.24) is 0 Å². The topological polar surface area (TPSA) is 47.6 Å². The third-order valence-corrected chi connectivity index (χ3v) is 4.34. The Hall–Kier alpha value is -2.01. The second-order valence-corrected chi connectivity index (χ2v) is 5.73. The molecule has 20 heavy (non-hydrogen) atoms. The van der Waals surface area contributed by atoms with Crippen LogP contribution in [0.1, 0.15) is 20.8 Å². The molecule has 4 nitrogen and oxygen atoms in total. The summed E-state index contributed by atoms with van der Waals surface area (Å²) in [6.45, 7) is 5.07. The van der Waals surface area contributed by atoms with Crippen LogP contribution in [-0.4, -0.2) is 19.1 Å². The lowest BCUT2D eigenvalue weighted by Gasteiger charge is -2.19. The summed E-state index contributed by atoms with van der Waals surface area (Å²) in [7, 11) is 0. The first-order valence-electron chi connectivity index (χ1n) is 6.41. The summed E-state index contributed by atoms with van der Waals surface area (Å²) in [5.74, 6) is 1.30. The van der Waals surface area contributed by atoms with E-state index >= 15 is 0 Å². The zero-order valence-corrected chi connectivity index (χ0v) is 12.2. The van der Waals surface area contributed by atoms with E-state index in [-0.39, 0.29) is 5.91 Å². The quantitative estimate of drug-likeness (QED) is 0.922. The first-order valence-corrected chi connectivity index (χ1v) is 7.29. The van der Waals surface area contributed by atoms with Crippen molar-refractivity contribution in [2.24, 2.45) is 0 Å². The molecule has 104 valence electrons. The van der Waals surface area contributed by atoms with E-state index in [9.17, 15) is 4.79 Å². The van der Waals surface area contributed by atoms with Crippen LogP contribution in [0.2, 0.25) is 0 Å². The van der Waals surface area contributed by atoms with Crippen LogP contribution < -0.4 is 14.8 Å². The van der Waals surface area contributed by atoms with E-state index < -0.39 is 0 Å². The van der Waals surface area contributed by atoms with Crippen LogP contribution in [0.5, 0.6) is 11.5 Å². The minimum absolute atomic E-state index is 0.0940. The highest BCUT2D eigenvalue weighted by atomic mass is 32.1. The van der Waals surface area contributed by atoms with Gasteiger partial charge in [0.2, 0.25) is 0 Å². The summed E-state index contributed by atoms with van der Waals surface area (Å²) in [6.07, 6.45) is 0. The van der Waals surface area contributed by atoms with Crippen molar-refractivity contribution in [1.29, 1.82) is 0 Å². The molecule has 5 heteroatoms. The number of aryl methyl sites for hydroxylation is 1. The standard InChI is InChI=1S/C15H15NO3S/c1-9-10(2)20-8-12(9)15(17)16-11-3-4-13-14(7-11)19-6-5-18-13/h3-4,7-8H,5-6H2,1-2H3,(H,16,17). The van der Waals surface area contributed by atoms with E-state index in [0.717, 1.165) is 21.8 Å². The molecule has 3 rings (SSSR count). The van der Waals surface area contributed by atoms with Crippen LogP contribution in [0, 0.1) is 13.8 Å². The maximum absolute atomic E-state index is 12.2. The average molecular weight is 289 g/mol. The van der Waals surface area contributed by atoms with Crippen LogP contribution in [-0.2, 0) is 0 Å². The number of ether oxygens (including phenoxy) is 2. The lowest BCUT2D eigenvalue weighted by molar-refractivity contribution is 0.102. The molecule has 0 atom stereocenters. The highest BCUT2D eigenvalue weighted by molar-refractivity contribution is 7.10. The van der Waals surface area contributed by atoms with Gasteiger partial charge < -0.3 is 14.8 Å². The minimum Gasteiger partial charge on any atom is -0.486 e. The maximum atomic E-state index is 12.2. The molecule has 0 saturated heterocycles. The third-order valence-electron chi connectivity index (χ3n) is 3.33. The molecular formula is C15H15NO3S. The van der Waals surface area contributed by atoms with Crippen molar-refractivity contribution >= 4 is 22.9 Å². The molecule has 0 saturated carbocycles. The number of anilines is 1. The van der Waals surface area contributed by atoms with Crippen LogP contribution in [0.4, 0.5) is 5.69 Å². The Morgan fingerprint density at radius 2 is 1.95 bits per heavy atom. The smallest absolute Gasteiger partial charge is 0.256 e. The minimum atomic E-state index is -0.0940. The lowest BCUT2D eigenvalue weighted by atomic mass is 10.1. The highest BCUT2D eigenvalue weighted by Crippen LogP contribution is 2.33. The summed E-state index contributed by atoms with van der Waals surface area (Å²) in [4.78, 5) is 13.4. The molecule has 0 spiro atoms. The van der Waals surface area contributed by atoms with Gasteiger partial charge in [0.15, 0.2) is 11.5 Å². The molecule has 0 aliphatic carbocycles. The average Bonchev–Trinajstić information content (AvgIpc) is 2.79. The van der Waals surface area contributed by atoms with Gasteiger partial charge in [0.25, 0.3) is 5.91 Å². The van der Waals surface area contributed by atoms with E-state index in [2.05, 4.69) is 5.32 Å². The van der Waals surface area contributed by atoms with Crippen LogP contribution in [0.15, 0.2) is 23.6 Å². The fourth-order valence-electron chi connectivity index (χ4n) is 2.06. The summed E-state index contributed by atoms with van der Waals surface area (Å²) in [5.41, 5.74) is 2.47. The number of nitrogens with one attached hydrogen (secondary N) is 1. The Kier molecular flexibility index (Phi) is 3.36. The normalized spacial score (nSPS) is 13.1. The number of thiophene rings is 1. The molecule has 2 heterocycles. The largest absolute Gasteiger partial charge is 0.486 e. The number of hydrogen-bond acceptors (Lipinski definition) is 4. The first-order chi connectivity index (χ1) is 9.65. The summed E-state index contributed by atoms with van der Waals surface area (Å²) in [5, 5.41) is 4.78. The Morgan fingerprint density at radius 1 is 1.20 bits per heavy atom. The van der Waals surface area contributed by atoms with Crippen LogP contribution >= 0.6 is 11.3 Å². The number of benzene rings is 1. The van der Waals surface area contributed by atoms with E-state index in [0.29, 0.717) is 24.7 Å². The predicted octanol–water partition coefficient (Wildman–Crippen LogP) is 3.39. The summed E-state index contributed by atoms with van der Waals surface area (Å²) < 4.78 is 11.0. The molecule has 1 aliphatic rings. The van der Waals surface area contributed by atoms with Gasteiger partial charge in [0, 0.05) is 22.0 Å². The van der Waals surface area contributed by atoms with E-state index in [1.165, 1.54) is 0 Å². The van der Waals surface area contributed by atoms with Crippen molar-refractivity contribution in [2.75, 3.05) is 18.5 Å². The predicted molar refractivity (Wildman–Crippen MR) is 79.2 cm³/mol. The van der Waals surface area contributed by atoms with Crippen molar-refractivity contribution in [3.63, 3.8) is 0 Å². The van der Waals surface area contributed by atoms with Gasteiger partial charge in [0.05, 0.1) is 5.56 Å². The van der Waals surface area contributed by atoms with Crippen LogP contribution in [0.3, 0.4) is 0 Å². The number of carbonyl (C=O) groups is 1. The number of hydrogen-bond donors (Lipinski definition) is 1. The van der Waals surface area contributed by atoms with Gasteiger partial charge in [-0.25, -0.2) is 0 Å². The van der Waals surface area contributed by atoms with Gasteiger partial charge in [-0.15, -0.1) is 11.3 Å². The zero-order valence-electron chi connectivity index (χ0n) is 11.4. The SMILES string of the molecule is Cc1scc(C(=O)Nc2ccc3c(c2)OCCO3)c1C. The Labute approximate surface area is 121 Å². The molecule has 2 aromatic rings. The molecule has 0 radical (unpaired) electrons. The van der Waals surface area contributed by atoms with Crippen LogP contribution in [0.25, 0.3) is 0 Å². The van der Waals surface area contributed by atoms with Crippen molar-refractivity contribution in [2.45, 2.75) is 13.8 Å². The zero-order chi connectivity index (χ0) is 14.1. The monoisotopic (exact) mass is 289 g/mol. The van der Waals surface area contributed by atoms with Crippen molar-refractivity contribution in [3.8, 4) is 11.5 Å². The van der Waals surface area contributed by atoms with Gasteiger partial charge in [-0.3, -0.25) is 4.79 Å². The fraction of sp³-hybridized carbons (Fsp3) is 0.267. The van der Waals surface area contributed by atoms with E-state index in [1.807, 2.05) is 31.4 Å². The molecule has 1 aromatic carbocycles. The number of fused-ring (bicyclic) bond motifs is 1. The Morgan fingerprint density at radius 3 is 2.65 bits per heavy atom. The molecular weight excluding hydrogens is 274 g/mol. The number of carbonyl (C=O) groups excluding carboxylic acids is 1. The van der Waals surface area contributed by atoms with Gasteiger partial charge >= 0.3 is 0 Å². The van der Waals surface area contributed by atoms with E-state index in [4.69, 9.17) is 9.47 Å². The lowest BCUT2D eigenvalue weighted by Crippen LogP contribution is -2.16. The van der Waals surface area contributed by atoms with Gasteiger partial charge in [-0.1, -0.05) is 0 Å². The summed E-state index contributed by atoms with van der Waals surface area (Å²) in [6, 6.07) is 5.43. The van der Waals surface area contributed by atoms with Crippen molar-refractivity contribution in [3.05, 3.63) is 39.6 Å². The molecule has 0 fully saturated rings. The molecule has 0 bridgehead atoms. The molecule has 0 unspecified atom stereocenters. The highest BCUT2D eigenvalue weighted by Gasteiger charge is 2.15. The number of rotatable bonds is 2. The van der Waals surface area contributed by atoms with Gasteiger partial charge in [-0.05, 0) is 31.5 Å². The third kappa shape index (κ3) is 2.36. The molecule has 1 aromatic heterocycles. The van der Waals surface area contributed by atoms with Gasteiger partial charge in [-0.2, -0.15) is 0 Å². The second-order valence-electron chi connectivity index (χ2n) is 4.64. The maximum Gasteiger partial charge on any atom is 0.256 e. The van der Waals surface area contributed by atoms with E-state index in [1.54, 1.807) is 17.4 Å². The fourth-order valence-corrected chi connectivity index (χ4v) is 2.92. The molecule has 1 N–H and O–H groups in total. The van der Waals surface area contributed by atoms with Crippen molar-refractivity contribution < 1.29 is 14.3 Å². The number of amides is 1. The summed E-state index contributed by atoms with van der Waals surface area (Å²) >= 11 is 1.59. The van der Waals surface area contributed by atoms with Gasteiger partial charge in [0.1, 0.15) is 13.2 Å². The second kappa shape index (κ2) is 5.17. The Bertz CT molecular complexity index is 663. The first kappa shape index (κ1) is 13.0.